The maximum Gasteiger partial charge on any atom is 0.261 e. The summed E-state index contributed by atoms with van der Waals surface area (Å²) in [7, 11) is -3.75. The Labute approximate surface area is 215 Å². The van der Waals surface area contributed by atoms with Crippen LogP contribution >= 0.6 is 0 Å². The van der Waals surface area contributed by atoms with Crippen molar-refractivity contribution in [2.24, 2.45) is 0 Å². The average molecular weight is 512 g/mol. The second kappa shape index (κ2) is 9.87. The number of imidazole rings is 1. The summed E-state index contributed by atoms with van der Waals surface area (Å²) in [6.45, 7) is 5.70. The topological polar surface area (TPSA) is 99.0 Å². The number of benzene rings is 3. The number of hydrogen-bond acceptors (Lipinski definition) is 6. The molecule has 0 amide bonds. The molecule has 8 nitrogen and oxygen atoms in total. The van der Waals surface area contributed by atoms with E-state index in [4.69, 9.17) is 4.74 Å². The Hall–Kier alpha value is -4.50. The maximum absolute atomic E-state index is 12.9. The highest BCUT2D eigenvalue weighted by Crippen LogP contribution is 2.26. The van der Waals surface area contributed by atoms with Crippen molar-refractivity contribution in [3.05, 3.63) is 108 Å². The van der Waals surface area contributed by atoms with Crippen molar-refractivity contribution in [3.8, 4) is 28.6 Å². The fraction of sp³-hybridized carbons (Fsp3) is 0.107. The van der Waals surface area contributed by atoms with E-state index >= 15 is 0 Å². The number of aryl methyl sites for hydroxylation is 2. The lowest BCUT2D eigenvalue weighted by Crippen LogP contribution is -2.12. The monoisotopic (exact) mass is 511 g/mol. The van der Waals surface area contributed by atoms with Gasteiger partial charge in [-0.15, -0.1) is 0 Å². The van der Waals surface area contributed by atoms with E-state index < -0.39 is 10.0 Å². The van der Waals surface area contributed by atoms with Gasteiger partial charge in [-0.3, -0.25) is 9.29 Å². The molecular formula is C28H25N5O3S. The summed E-state index contributed by atoms with van der Waals surface area (Å²) in [6, 6.07) is 25.0. The minimum atomic E-state index is -3.75. The zero-order valence-corrected chi connectivity index (χ0v) is 21.4. The number of nitrogens with one attached hydrogen (secondary N) is 1. The van der Waals surface area contributed by atoms with Crippen LogP contribution < -0.4 is 9.46 Å². The van der Waals surface area contributed by atoms with Gasteiger partial charge >= 0.3 is 0 Å². The first kappa shape index (κ1) is 24.2. The Morgan fingerprint density at radius 1 is 0.811 bits per heavy atom. The number of hydrogen-bond donors (Lipinski definition) is 1. The van der Waals surface area contributed by atoms with Crippen molar-refractivity contribution in [2.45, 2.75) is 25.7 Å². The molecule has 0 radical (unpaired) electrons. The van der Waals surface area contributed by atoms with E-state index in [1.54, 1.807) is 67.8 Å². The van der Waals surface area contributed by atoms with Gasteiger partial charge in [-0.25, -0.2) is 18.4 Å². The highest BCUT2D eigenvalue weighted by molar-refractivity contribution is 7.92. The van der Waals surface area contributed by atoms with Crippen LogP contribution in [0.25, 0.3) is 16.9 Å². The van der Waals surface area contributed by atoms with E-state index in [2.05, 4.69) is 19.7 Å². The lowest BCUT2D eigenvalue weighted by molar-refractivity contribution is 0.459. The molecule has 0 aliphatic rings. The van der Waals surface area contributed by atoms with Crippen molar-refractivity contribution in [3.63, 3.8) is 0 Å². The zero-order chi connectivity index (χ0) is 26.0. The highest BCUT2D eigenvalue weighted by Gasteiger charge is 2.15. The van der Waals surface area contributed by atoms with E-state index in [-0.39, 0.29) is 4.90 Å². The average Bonchev–Trinajstić information content (AvgIpc) is 3.23. The Balaban J connectivity index is 1.29. The van der Waals surface area contributed by atoms with Gasteiger partial charge < -0.3 is 4.74 Å². The summed E-state index contributed by atoms with van der Waals surface area (Å²) in [5, 5.41) is 0. The molecule has 3 aromatic carbocycles. The first-order chi connectivity index (χ1) is 17.8. The third-order valence-electron chi connectivity index (χ3n) is 5.90. The van der Waals surface area contributed by atoms with Crippen LogP contribution in [-0.2, 0) is 10.0 Å². The van der Waals surface area contributed by atoms with Crippen LogP contribution in [0.2, 0.25) is 0 Å². The van der Waals surface area contributed by atoms with Crippen LogP contribution in [0.1, 0.15) is 17.2 Å². The SMILES string of the molecule is Cc1nc(Oc2ccc(NS(=O)(=O)c3ccc(-c4ccccc4)cc3)cc2)cc(-n2cnc(C)c2C)n1. The van der Waals surface area contributed by atoms with Crippen LogP contribution in [0.3, 0.4) is 0 Å². The molecule has 0 aliphatic carbocycles. The second-order valence-electron chi connectivity index (χ2n) is 8.52. The normalized spacial score (nSPS) is 11.3. The first-order valence-electron chi connectivity index (χ1n) is 11.6. The number of aromatic nitrogens is 4. The Bertz CT molecular complexity index is 1650. The quantitative estimate of drug-likeness (QED) is 0.294. The van der Waals surface area contributed by atoms with E-state index in [0.29, 0.717) is 29.0 Å². The largest absolute Gasteiger partial charge is 0.439 e. The Morgan fingerprint density at radius 3 is 2.14 bits per heavy atom. The molecular weight excluding hydrogens is 486 g/mol. The van der Waals surface area contributed by atoms with Crippen LogP contribution in [0.5, 0.6) is 11.6 Å². The van der Waals surface area contributed by atoms with E-state index in [0.717, 1.165) is 22.5 Å². The molecule has 0 bridgehead atoms. The fourth-order valence-electron chi connectivity index (χ4n) is 3.81. The fourth-order valence-corrected chi connectivity index (χ4v) is 4.87. The van der Waals surface area contributed by atoms with E-state index in [1.807, 2.05) is 48.7 Å². The van der Waals surface area contributed by atoms with Crippen LogP contribution in [0, 0.1) is 20.8 Å². The second-order valence-corrected chi connectivity index (χ2v) is 10.2. The molecule has 0 spiro atoms. The number of anilines is 1. The molecule has 9 heteroatoms. The molecule has 186 valence electrons. The van der Waals surface area contributed by atoms with Gasteiger partial charge in [0, 0.05) is 17.4 Å². The van der Waals surface area contributed by atoms with Gasteiger partial charge in [0.2, 0.25) is 5.88 Å². The zero-order valence-electron chi connectivity index (χ0n) is 20.6. The molecule has 1 N–H and O–H groups in total. The number of rotatable bonds is 7. The maximum atomic E-state index is 12.9. The summed E-state index contributed by atoms with van der Waals surface area (Å²) in [4.78, 5) is 13.3. The van der Waals surface area contributed by atoms with Gasteiger partial charge in [-0.1, -0.05) is 42.5 Å². The van der Waals surface area contributed by atoms with Crippen LogP contribution in [-0.4, -0.2) is 27.9 Å². The smallest absolute Gasteiger partial charge is 0.261 e. The van der Waals surface area contributed by atoms with Crippen molar-refractivity contribution in [2.75, 3.05) is 4.72 Å². The first-order valence-corrected chi connectivity index (χ1v) is 13.1. The van der Waals surface area contributed by atoms with Crippen molar-refractivity contribution < 1.29 is 13.2 Å². The Kier molecular flexibility index (Phi) is 6.45. The predicted molar refractivity (Wildman–Crippen MR) is 143 cm³/mol. The van der Waals surface area contributed by atoms with E-state index in [9.17, 15) is 8.42 Å². The van der Waals surface area contributed by atoms with Crippen molar-refractivity contribution in [1.29, 1.82) is 0 Å². The van der Waals surface area contributed by atoms with E-state index in [1.165, 1.54) is 0 Å². The highest BCUT2D eigenvalue weighted by atomic mass is 32.2. The summed E-state index contributed by atoms with van der Waals surface area (Å²) in [5.41, 5.74) is 4.29. The molecule has 0 unspecified atom stereocenters. The van der Waals surface area contributed by atoms with Crippen molar-refractivity contribution >= 4 is 15.7 Å². The standard InChI is InChI=1S/C28H25N5O3S/c1-19-20(2)33(18-29-19)27-17-28(31-21(3)30-27)36-25-13-11-24(12-14-25)32-37(34,35)26-15-9-23(10-16-26)22-7-5-4-6-8-22/h4-18,32H,1-3H3. The molecule has 2 heterocycles. The lowest BCUT2D eigenvalue weighted by Gasteiger charge is -2.11. The minimum absolute atomic E-state index is 0.182. The van der Waals surface area contributed by atoms with Crippen molar-refractivity contribution in [1.82, 2.24) is 19.5 Å². The molecule has 0 saturated heterocycles. The third-order valence-corrected chi connectivity index (χ3v) is 7.30. The molecule has 5 rings (SSSR count). The Morgan fingerprint density at radius 2 is 1.49 bits per heavy atom. The predicted octanol–water partition coefficient (Wildman–Crippen LogP) is 5.85. The molecule has 0 aliphatic heterocycles. The van der Waals surface area contributed by atoms with Gasteiger partial charge in [0.1, 0.15) is 23.7 Å². The molecule has 37 heavy (non-hydrogen) atoms. The van der Waals surface area contributed by atoms with Gasteiger partial charge in [0.05, 0.1) is 10.6 Å². The lowest BCUT2D eigenvalue weighted by atomic mass is 10.1. The molecule has 2 aromatic heterocycles. The summed E-state index contributed by atoms with van der Waals surface area (Å²) in [6.07, 6.45) is 1.71. The molecule has 0 fully saturated rings. The van der Waals surface area contributed by atoms with Gasteiger partial charge in [-0.2, -0.15) is 4.98 Å². The number of sulfonamides is 1. The third kappa shape index (κ3) is 5.36. The summed E-state index contributed by atoms with van der Waals surface area (Å²) >= 11 is 0. The van der Waals surface area contributed by atoms with Crippen LogP contribution in [0.4, 0.5) is 5.69 Å². The summed E-state index contributed by atoms with van der Waals surface area (Å²) < 4.78 is 36.2. The summed E-state index contributed by atoms with van der Waals surface area (Å²) in [5.74, 6) is 2.10. The number of ether oxygens (including phenoxy) is 1. The van der Waals surface area contributed by atoms with Gasteiger partial charge in [-0.05, 0) is 68.3 Å². The van der Waals surface area contributed by atoms with Gasteiger partial charge in [0.15, 0.2) is 0 Å². The molecule has 5 aromatic rings. The molecule has 0 saturated carbocycles. The van der Waals surface area contributed by atoms with Crippen LogP contribution in [0.15, 0.2) is 96.2 Å². The van der Waals surface area contributed by atoms with Gasteiger partial charge in [0.25, 0.3) is 10.0 Å². The number of nitrogens with zero attached hydrogens (tertiary/aromatic N) is 4. The molecule has 0 atom stereocenters. The minimum Gasteiger partial charge on any atom is -0.439 e.